The van der Waals surface area contributed by atoms with Gasteiger partial charge in [0.25, 0.3) is 0 Å². The molecule has 13 rings (SSSR count). The molecule has 0 saturated heterocycles. The lowest BCUT2D eigenvalue weighted by Crippen LogP contribution is -2.06. The van der Waals surface area contributed by atoms with Crippen LogP contribution in [0.1, 0.15) is 17.5 Å². The van der Waals surface area contributed by atoms with Gasteiger partial charge in [-0.1, -0.05) is 152 Å². The van der Waals surface area contributed by atoms with Crippen molar-refractivity contribution in [1.29, 1.82) is 0 Å². The van der Waals surface area contributed by atoms with Crippen LogP contribution < -0.4 is 0 Å². The Hall–Kier alpha value is -7.82. The number of hydrogen-bond donors (Lipinski definition) is 0. The first-order chi connectivity index (χ1) is 29.8. The lowest BCUT2D eigenvalue weighted by atomic mass is 9.85. The first kappa shape index (κ1) is 33.2. The summed E-state index contributed by atoms with van der Waals surface area (Å²) in [4.78, 5) is 10.9. The molecule has 0 unspecified atom stereocenters. The number of fused-ring (bicyclic) bond motifs is 12. The lowest BCUT2D eigenvalue weighted by Gasteiger charge is -2.21. The van der Waals surface area contributed by atoms with Crippen LogP contribution >= 0.6 is 0 Å². The Morgan fingerprint density at radius 3 is 1.85 bits per heavy atom. The molecule has 12 aromatic rings. The van der Waals surface area contributed by atoms with Crippen LogP contribution in [0.25, 0.3) is 116 Å². The minimum Gasteiger partial charge on any atom is -0.309 e. The molecular formula is C56H36N4. The largest absolute Gasteiger partial charge is 0.309 e. The normalized spacial score (nSPS) is 12.8. The van der Waals surface area contributed by atoms with Crippen LogP contribution in [0.3, 0.4) is 0 Å². The number of benzene rings is 9. The van der Waals surface area contributed by atoms with E-state index in [-0.39, 0.29) is 0 Å². The molecule has 0 fully saturated rings. The summed E-state index contributed by atoms with van der Waals surface area (Å²) in [6.07, 6.45) is 6.62. The molecule has 1 aliphatic carbocycles. The molecule has 0 N–H and O–H groups in total. The van der Waals surface area contributed by atoms with Gasteiger partial charge in [-0.15, -0.1) is 0 Å². The fraction of sp³-hybridized carbons (Fsp3) is 0.0357. The Morgan fingerprint density at radius 1 is 0.417 bits per heavy atom. The highest BCUT2D eigenvalue weighted by atomic mass is 15.2. The van der Waals surface area contributed by atoms with Gasteiger partial charge >= 0.3 is 0 Å². The molecule has 9 aromatic carbocycles. The van der Waals surface area contributed by atoms with E-state index in [1.54, 1.807) is 0 Å². The molecule has 60 heavy (non-hydrogen) atoms. The summed E-state index contributed by atoms with van der Waals surface area (Å²) < 4.78 is 4.78. The third-order valence-electron chi connectivity index (χ3n) is 12.8. The summed E-state index contributed by atoms with van der Waals surface area (Å²) in [7, 11) is 0. The van der Waals surface area contributed by atoms with Crippen molar-refractivity contribution in [2.75, 3.05) is 0 Å². The van der Waals surface area contributed by atoms with Gasteiger partial charge in [-0.2, -0.15) is 0 Å². The van der Waals surface area contributed by atoms with Crippen LogP contribution in [-0.4, -0.2) is 19.1 Å². The van der Waals surface area contributed by atoms with Gasteiger partial charge in [-0.3, -0.25) is 4.57 Å². The van der Waals surface area contributed by atoms with Gasteiger partial charge in [0, 0.05) is 49.1 Å². The first-order valence-electron chi connectivity index (χ1n) is 20.8. The predicted octanol–water partition coefficient (Wildman–Crippen LogP) is 14.4. The third-order valence-corrected chi connectivity index (χ3v) is 12.8. The molecule has 0 amide bonds. The van der Waals surface area contributed by atoms with E-state index in [0.29, 0.717) is 5.95 Å². The summed E-state index contributed by atoms with van der Waals surface area (Å²) in [5.74, 6) is 0.678. The summed E-state index contributed by atoms with van der Waals surface area (Å²) in [5.41, 5.74) is 14.0. The van der Waals surface area contributed by atoms with E-state index >= 15 is 0 Å². The Balaban J connectivity index is 1.13. The Morgan fingerprint density at radius 2 is 1.03 bits per heavy atom. The minimum absolute atomic E-state index is 0.678. The summed E-state index contributed by atoms with van der Waals surface area (Å²) in [5, 5.41) is 10.8. The Kier molecular flexibility index (Phi) is 7.10. The molecule has 3 aromatic heterocycles. The molecule has 4 heteroatoms. The molecule has 0 atom stereocenters. The van der Waals surface area contributed by atoms with Crippen molar-refractivity contribution in [2.24, 2.45) is 0 Å². The first-order valence-corrected chi connectivity index (χ1v) is 20.8. The maximum Gasteiger partial charge on any atom is 0.235 e. The molecular weight excluding hydrogens is 729 g/mol. The van der Waals surface area contributed by atoms with Crippen LogP contribution in [-0.2, 0) is 6.42 Å². The number of hydrogen-bond acceptors (Lipinski definition) is 2. The molecule has 0 aliphatic heterocycles. The maximum atomic E-state index is 5.55. The number of aromatic nitrogens is 4. The van der Waals surface area contributed by atoms with E-state index in [4.69, 9.17) is 9.97 Å². The number of nitrogens with zero attached hydrogens (tertiary/aromatic N) is 4. The van der Waals surface area contributed by atoms with Crippen LogP contribution in [0.15, 0.2) is 188 Å². The van der Waals surface area contributed by atoms with Crippen LogP contribution in [0, 0.1) is 0 Å². The Labute approximate surface area is 345 Å². The molecule has 280 valence electrons. The standard InChI is InChI=1S/C56H36N4/c1-2-19-36(20-3-1)59-51-31-14-11-24-40(51)48-33-46(38-22-6-8-26-43(38)54(48)59)47-34-49-41-25-12-15-32-52(41)60(55(49)44-27-9-7-23-39(44)47)56-57-50-30-13-10-28-45(50)53(58-56)42-29-16-18-35-17-4-5-21-37(35)42/h1-6,8-22,24-34H,7,23H2. The molecule has 0 bridgehead atoms. The third kappa shape index (κ3) is 4.73. The molecule has 0 saturated carbocycles. The summed E-state index contributed by atoms with van der Waals surface area (Å²) in [6, 6.07) is 65.9. The maximum absolute atomic E-state index is 5.55. The van der Waals surface area contributed by atoms with Crippen molar-refractivity contribution < 1.29 is 0 Å². The van der Waals surface area contributed by atoms with E-state index in [1.807, 2.05) is 0 Å². The second-order valence-electron chi connectivity index (χ2n) is 16.0. The minimum atomic E-state index is 0.678. The van der Waals surface area contributed by atoms with Crippen molar-refractivity contribution in [3.05, 3.63) is 199 Å². The molecule has 0 spiro atoms. The van der Waals surface area contributed by atoms with Gasteiger partial charge in [0.05, 0.1) is 33.3 Å². The van der Waals surface area contributed by atoms with Gasteiger partial charge < -0.3 is 4.57 Å². The van der Waals surface area contributed by atoms with Gasteiger partial charge in [-0.25, -0.2) is 9.97 Å². The molecule has 0 radical (unpaired) electrons. The molecule has 1 aliphatic rings. The van der Waals surface area contributed by atoms with Crippen molar-refractivity contribution >= 4 is 82.1 Å². The van der Waals surface area contributed by atoms with Gasteiger partial charge in [-0.05, 0) is 88.2 Å². The van der Waals surface area contributed by atoms with E-state index < -0.39 is 0 Å². The zero-order valence-electron chi connectivity index (χ0n) is 32.7. The van der Waals surface area contributed by atoms with E-state index in [1.165, 1.54) is 76.4 Å². The quantitative estimate of drug-likeness (QED) is 0.179. The number of rotatable bonds is 4. The van der Waals surface area contributed by atoms with Crippen molar-refractivity contribution in [1.82, 2.24) is 19.1 Å². The SMILES string of the molecule is C1=Cc2c(c(-c3cc4c5ccccc5n(-c5ccccc5)c4c4ccccc34)cc3c4ccccc4n(-c4nc(-c5cccc6ccccc56)c5ccccc5n4)c23)CC1. The van der Waals surface area contributed by atoms with Crippen LogP contribution in [0.4, 0.5) is 0 Å². The Bertz CT molecular complexity index is 3770. The van der Waals surface area contributed by atoms with Crippen molar-refractivity contribution in [3.63, 3.8) is 0 Å². The number of allylic oxidation sites excluding steroid dienone is 1. The average Bonchev–Trinajstić information content (AvgIpc) is 3.84. The lowest BCUT2D eigenvalue weighted by molar-refractivity contribution is 0.978. The zero-order valence-corrected chi connectivity index (χ0v) is 32.7. The van der Waals surface area contributed by atoms with Gasteiger partial charge in [0.2, 0.25) is 5.95 Å². The fourth-order valence-corrected chi connectivity index (χ4v) is 10.2. The van der Waals surface area contributed by atoms with Crippen LogP contribution in [0.5, 0.6) is 0 Å². The van der Waals surface area contributed by atoms with Crippen molar-refractivity contribution in [3.8, 4) is 34.0 Å². The summed E-state index contributed by atoms with van der Waals surface area (Å²) in [6.45, 7) is 0. The average molecular weight is 765 g/mol. The second kappa shape index (κ2) is 12.8. The monoisotopic (exact) mass is 764 g/mol. The van der Waals surface area contributed by atoms with Crippen molar-refractivity contribution in [2.45, 2.75) is 12.8 Å². The van der Waals surface area contributed by atoms with E-state index in [9.17, 15) is 0 Å². The smallest absolute Gasteiger partial charge is 0.235 e. The van der Waals surface area contributed by atoms with Crippen LogP contribution in [0.2, 0.25) is 0 Å². The highest BCUT2D eigenvalue weighted by Gasteiger charge is 2.26. The highest BCUT2D eigenvalue weighted by Crippen LogP contribution is 2.47. The van der Waals surface area contributed by atoms with E-state index in [2.05, 4.69) is 203 Å². The van der Waals surface area contributed by atoms with E-state index in [0.717, 1.165) is 51.7 Å². The highest BCUT2D eigenvalue weighted by molar-refractivity contribution is 6.23. The molecule has 4 nitrogen and oxygen atoms in total. The van der Waals surface area contributed by atoms with Gasteiger partial charge in [0.1, 0.15) is 0 Å². The predicted molar refractivity (Wildman–Crippen MR) is 251 cm³/mol. The summed E-state index contributed by atoms with van der Waals surface area (Å²) >= 11 is 0. The zero-order chi connectivity index (χ0) is 39.3. The number of para-hydroxylation sites is 4. The fourth-order valence-electron chi connectivity index (χ4n) is 10.2. The second-order valence-corrected chi connectivity index (χ2v) is 16.0. The van der Waals surface area contributed by atoms with Gasteiger partial charge in [0.15, 0.2) is 0 Å². The molecule has 3 heterocycles. The topological polar surface area (TPSA) is 35.6 Å².